The monoisotopic (exact) mass is 349 g/mol. The SMILES string of the molecule is CCCCOC(=O)[C@]1(OCC)CCCN1C(=O)OCc1ccccc1. The number of rotatable bonds is 8. The van der Waals surface area contributed by atoms with E-state index in [0.717, 1.165) is 18.4 Å². The largest absolute Gasteiger partial charge is 0.462 e. The number of hydrogen-bond acceptors (Lipinski definition) is 5. The first-order valence-electron chi connectivity index (χ1n) is 8.93. The highest BCUT2D eigenvalue weighted by atomic mass is 16.6. The van der Waals surface area contributed by atoms with Crippen LogP contribution >= 0.6 is 0 Å². The number of unbranched alkanes of at least 4 members (excludes halogenated alkanes) is 1. The van der Waals surface area contributed by atoms with Crippen molar-refractivity contribution in [3.05, 3.63) is 35.9 Å². The summed E-state index contributed by atoms with van der Waals surface area (Å²) < 4.78 is 16.5. The smallest absolute Gasteiger partial charge is 0.412 e. The van der Waals surface area contributed by atoms with Gasteiger partial charge in [-0.3, -0.25) is 4.90 Å². The molecule has 1 amide bonds. The van der Waals surface area contributed by atoms with E-state index < -0.39 is 17.8 Å². The minimum Gasteiger partial charge on any atom is -0.462 e. The number of hydrogen-bond donors (Lipinski definition) is 0. The zero-order chi connectivity index (χ0) is 18.1. The fourth-order valence-electron chi connectivity index (χ4n) is 2.91. The number of likely N-dealkylation sites (tertiary alicyclic amines) is 1. The molecule has 1 aliphatic rings. The van der Waals surface area contributed by atoms with Crippen LogP contribution in [0.5, 0.6) is 0 Å². The lowest BCUT2D eigenvalue weighted by molar-refractivity contribution is -0.191. The summed E-state index contributed by atoms with van der Waals surface area (Å²) in [6.45, 7) is 5.03. The van der Waals surface area contributed by atoms with Crippen LogP contribution in [0.3, 0.4) is 0 Å². The minimum absolute atomic E-state index is 0.156. The highest BCUT2D eigenvalue weighted by molar-refractivity contribution is 5.85. The highest BCUT2D eigenvalue weighted by Gasteiger charge is 2.53. The number of carbonyl (C=O) groups excluding carboxylic acids is 2. The van der Waals surface area contributed by atoms with Crippen molar-refractivity contribution in [3.63, 3.8) is 0 Å². The van der Waals surface area contributed by atoms with Crippen LogP contribution in [0.2, 0.25) is 0 Å². The average molecular weight is 349 g/mol. The van der Waals surface area contributed by atoms with Crippen molar-refractivity contribution in [2.24, 2.45) is 0 Å². The van der Waals surface area contributed by atoms with Gasteiger partial charge in [0.15, 0.2) is 0 Å². The van der Waals surface area contributed by atoms with Gasteiger partial charge < -0.3 is 14.2 Å². The molecule has 0 aromatic heterocycles. The van der Waals surface area contributed by atoms with Crippen molar-refractivity contribution in [3.8, 4) is 0 Å². The van der Waals surface area contributed by atoms with E-state index in [1.807, 2.05) is 37.3 Å². The second-order valence-corrected chi connectivity index (χ2v) is 6.00. The molecule has 138 valence electrons. The number of nitrogens with zero attached hydrogens (tertiary/aromatic N) is 1. The first kappa shape index (κ1) is 19.2. The Kier molecular flexibility index (Phi) is 7.25. The standard InChI is InChI=1S/C19H27NO5/c1-3-5-14-23-17(21)19(25-4-2)12-9-13-20(19)18(22)24-15-16-10-7-6-8-11-16/h6-8,10-11H,3-5,9,12-15H2,1-2H3/t19-/m1/s1. The Balaban J connectivity index is 2.04. The van der Waals surface area contributed by atoms with Crippen LogP contribution in [0.1, 0.15) is 45.1 Å². The molecule has 25 heavy (non-hydrogen) atoms. The summed E-state index contributed by atoms with van der Waals surface area (Å²) in [6, 6.07) is 9.43. The summed E-state index contributed by atoms with van der Waals surface area (Å²) in [5, 5.41) is 0. The molecule has 1 saturated heterocycles. The van der Waals surface area contributed by atoms with Gasteiger partial charge in [0, 0.05) is 19.6 Å². The molecule has 6 heteroatoms. The number of carbonyl (C=O) groups is 2. The van der Waals surface area contributed by atoms with Gasteiger partial charge in [-0.05, 0) is 25.3 Å². The number of esters is 1. The molecule has 6 nitrogen and oxygen atoms in total. The van der Waals surface area contributed by atoms with Crippen molar-refractivity contribution in [2.75, 3.05) is 19.8 Å². The van der Waals surface area contributed by atoms with Crippen LogP contribution < -0.4 is 0 Å². The average Bonchev–Trinajstić information content (AvgIpc) is 3.06. The summed E-state index contributed by atoms with van der Waals surface area (Å²) in [5.41, 5.74) is -0.474. The van der Waals surface area contributed by atoms with Gasteiger partial charge in [-0.15, -0.1) is 0 Å². The third-order valence-electron chi connectivity index (χ3n) is 4.19. The van der Waals surface area contributed by atoms with Crippen molar-refractivity contribution in [2.45, 2.75) is 51.9 Å². The Morgan fingerprint density at radius 3 is 2.60 bits per heavy atom. The first-order chi connectivity index (χ1) is 12.1. The molecule has 1 aromatic carbocycles. The van der Waals surface area contributed by atoms with E-state index in [4.69, 9.17) is 14.2 Å². The van der Waals surface area contributed by atoms with Crippen LogP contribution in [-0.2, 0) is 25.6 Å². The Hall–Kier alpha value is -2.08. The molecule has 1 fully saturated rings. The molecule has 2 rings (SSSR count). The minimum atomic E-state index is -1.36. The predicted molar refractivity (Wildman–Crippen MR) is 92.8 cm³/mol. The van der Waals surface area contributed by atoms with Crippen LogP contribution in [0.15, 0.2) is 30.3 Å². The topological polar surface area (TPSA) is 65.1 Å². The van der Waals surface area contributed by atoms with Gasteiger partial charge in [-0.2, -0.15) is 0 Å². The zero-order valence-corrected chi connectivity index (χ0v) is 15.0. The lowest BCUT2D eigenvalue weighted by Crippen LogP contribution is -2.56. The maximum absolute atomic E-state index is 12.6. The van der Waals surface area contributed by atoms with Crippen LogP contribution in [0, 0.1) is 0 Å². The Morgan fingerprint density at radius 2 is 1.92 bits per heavy atom. The molecule has 0 radical (unpaired) electrons. The molecule has 0 spiro atoms. The molecule has 1 heterocycles. The lowest BCUT2D eigenvalue weighted by Gasteiger charge is -2.34. The van der Waals surface area contributed by atoms with E-state index in [-0.39, 0.29) is 6.61 Å². The second-order valence-electron chi connectivity index (χ2n) is 6.00. The molecular formula is C19H27NO5. The van der Waals surface area contributed by atoms with Gasteiger partial charge in [0.2, 0.25) is 5.72 Å². The van der Waals surface area contributed by atoms with Crippen LogP contribution in [0.4, 0.5) is 4.79 Å². The van der Waals surface area contributed by atoms with Crippen molar-refractivity contribution >= 4 is 12.1 Å². The van der Waals surface area contributed by atoms with Gasteiger partial charge in [-0.25, -0.2) is 9.59 Å². The van der Waals surface area contributed by atoms with Gasteiger partial charge >= 0.3 is 12.1 Å². The molecule has 0 aliphatic carbocycles. The predicted octanol–water partition coefficient (Wildman–Crippen LogP) is 3.50. The van der Waals surface area contributed by atoms with Crippen molar-refractivity contribution in [1.29, 1.82) is 0 Å². The first-order valence-corrected chi connectivity index (χ1v) is 8.93. The van der Waals surface area contributed by atoms with Crippen molar-refractivity contribution < 1.29 is 23.8 Å². The Morgan fingerprint density at radius 1 is 1.16 bits per heavy atom. The third kappa shape index (κ3) is 4.72. The summed E-state index contributed by atoms with van der Waals surface area (Å²) in [7, 11) is 0. The zero-order valence-electron chi connectivity index (χ0n) is 15.0. The summed E-state index contributed by atoms with van der Waals surface area (Å²) in [6.07, 6.45) is 2.25. The maximum atomic E-state index is 12.6. The molecule has 1 aromatic rings. The number of benzene rings is 1. The Bertz CT molecular complexity index is 562. The Labute approximate surface area is 149 Å². The van der Waals surface area contributed by atoms with Crippen LogP contribution in [0.25, 0.3) is 0 Å². The summed E-state index contributed by atoms with van der Waals surface area (Å²) >= 11 is 0. The number of amides is 1. The highest BCUT2D eigenvalue weighted by Crippen LogP contribution is 2.33. The molecule has 0 saturated carbocycles. The number of ether oxygens (including phenoxy) is 3. The fraction of sp³-hybridized carbons (Fsp3) is 0.579. The third-order valence-corrected chi connectivity index (χ3v) is 4.19. The van der Waals surface area contributed by atoms with E-state index in [2.05, 4.69) is 0 Å². The molecule has 1 aliphatic heterocycles. The van der Waals surface area contributed by atoms with Gasteiger partial charge in [0.25, 0.3) is 0 Å². The molecular weight excluding hydrogens is 322 g/mol. The maximum Gasteiger partial charge on any atom is 0.412 e. The molecule has 1 atom stereocenters. The molecule has 0 bridgehead atoms. The van der Waals surface area contributed by atoms with Gasteiger partial charge in [-0.1, -0.05) is 43.7 Å². The fourth-order valence-corrected chi connectivity index (χ4v) is 2.91. The quantitative estimate of drug-likeness (QED) is 0.531. The van der Waals surface area contributed by atoms with E-state index in [1.165, 1.54) is 4.90 Å². The van der Waals surface area contributed by atoms with Crippen LogP contribution in [-0.4, -0.2) is 42.4 Å². The summed E-state index contributed by atoms with van der Waals surface area (Å²) in [5.74, 6) is -0.503. The van der Waals surface area contributed by atoms with E-state index in [0.29, 0.717) is 32.6 Å². The summed E-state index contributed by atoms with van der Waals surface area (Å²) in [4.78, 5) is 26.6. The van der Waals surface area contributed by atoms with Crippen molar-refractivity contribution in [1.82, 2.24) is 4.90 Å². The van der Waals surface area contributed by atoms with Gasteiger partial charge in [0.1, 0.15) is 6.61 Å². The lowest BCUT2D eigenvalue weighted by atomic mass is 10.1. The van der Waals surface area contributed by atoms with E-state index in [1.54, 1.807) is 6.92 Å². The van der Waals surface area contributed by atoms with E-state index >= 15 is 0 Å². The second kappa shape index (κ2) is 9.42. The van der Waals surface area contributed by atoms with Gasteiger partial charge in [0.05, 0.1) is 6.61 Å². The molecule has 0 N–H and O–H groups in total. The normalized spacial score (nSPS) is 19.7. The molecule has 0 unspecified atom stereocenters. The van der Waals surface area contributed by atoms with E-state index in [9.17, 15) is 9.59 Å².